The first-order chi connectivity index (χ1) is 13.2. The summed E-state index contributed by atoms with van der Waals surface area (Å²) in [7, 11) is 0. The van der Waals surface area contributed by atoms with Gasteiger partial charge in [0.25, 0.3) is 5.91 Å². The molecule has 1 aliphatic rings. The Hall–Kier alpha value is -2.95. The second kappa shape index (κ2) is 7.74. The van der Waals surface area contributed by atoms with E-state index in [1.165, 1.54) is 0 Å². The van der Waals surface area contributed by atoms with Gasteiger partial charge in [-0.25, -0.2) is 4.98 Å². The van der Waals surface area contributed by atoms with Crippen LogP contribution in [0.1, 0.15) is 34.6 Å². The van der Waals surface area contributed by atoms with E-state index in [4.69, 9.17) is 0 Å². The number of hydrogen-bond donors (Lipinski definition) is 1. The number of nitrogens with one attached hydrogen (secondary N) is 1. The summed E-state index contributed by atoms with van der Waals surface area (Å²) in [5.74, 6) is 2.35. The first kappa shape index (κ1) is 17.5. The molecule has 4 rings (SSSR count). The van der Waals surface area contributed by atoms with E-state index in [1.54, 1.807) is 0 Å². The molecule has 0 bridgehead atoms. The van der Waals surface area contributed by atoms with Crippen molar-refractivity contribution in [3.8, 4) is 11.4 Å². The van der Waals surface area contributed by atoms with Crippen molar-refractivity contribution in [3.05, 3.63) is 71.5 Å². The molecule has 1 amide bonds. The maximum Gasteiger partial charge on any atom is 0.253 e. The summed E-state index contributed by atoms with van der Waals surface area (Å²) in [4.78, 5) is 19.3. The number of piperidine rings is 1. The predicted octanol–water partition coefficient (Wildman–Crippen LogP) is 3.88. The van der Waals surface area contributed by atoms with Crippen molar-refractivity contribution >= 4 is 5.91 Å². The third-order valence-corrected chi connectivity index (χ3v) is 5.21. The van der Waals surface area contributed by atoms with Crippen molar-refractivity contribution in [1.82, 2.24) is 20.1 Å². The van der Waals surface area contributed by atoms with Crippen LogP contribution in [-0.4, -0.2) is 39.1 Å². The molecule has 0 spiro atoms. The molecule has 0 radical (unpaired) electrons. The largest absolute Gasteiger partial charge is 0.339 e. The lowest BCUT2D eigenvalue weighted by molar-refractivity contribution is 0.0690. The molecule has 2 heterocycles. The number of benzene rings is 2. The lowest BCUT2D eigenvalue weighted by atomic mass is 9.93. The molecule has 1 saturated heterocycles. The monoisotopic (exact) mass is 360 g/mol. The number of carbonyl (C=O) groups is 1. The molecule has 5 nitrogen and oxygen atoms in total. The van der Waals surface area contributed by atoms with Crippen molar-refractivity contribution in [2.24, 2.45) is 5.92 Å². The number of rotatable bonds is 4. The van der Waals surface area contributed by atoms with Crippen molar-refractivity contribution < 1.29 is 4.79 Å². The fraction of sp³-hybridized carbons (Fsp3) is 0.318. The van der Waals surface area contributed by atoms with E-state index in [9.17, 15) is 4.79 Å². The van der Waals surface area contributed by atoms with Gasteiger partial charge in [-0.05, 0) is 37.8 Å². The van der Waals surface area contributed by atoms with Gasteiger partial charge in [0.05, 0.1) is 0 Å². The van der Waals surface area contributed by atoms with Gasteiger partial charge in [0, 0.05) is 30.6 Å². The number of aromatic nitrogens is 3. The highest BCUT2D eigenvalue weighted by atomic mass is 16.2. The minimum absolute atomic E-state index is 0.142. The molecule has 138 valence electrons. The molecule has 0 atom stereocenters. The van der Waals surface area contributed by atoms with Crippen molar-refractivity contribution in [2.75, 3.05) is 13.1 Å². The zero-order chi connectivity index (χ0) is 18.6. The number of H-pyrrole nitrogens is 1. The standard InChI is InChI=1S/C22H24N4O/c1-16-6-5-9-19(14-16)22(27)26-12-10-17(11-13-26)15-20-23-21(25-24-20)18-7-3-2-4-8-18/h2-9,14,17H,10-13,15H2,1H3,(H,23,24,25). The second-order valence-corrected chi connectivity index (χ2v) is 7.28. The molecular formula is C22H24N4O. The fourth-order valence-electron chi connectivity index (χ4n) is 3.68. The second-order valence-electron chi connectivity index (χ2n) is 7.28. The summed E-state index contributed by atoms with van der Waals surface area (Å²) in [6.07, 6.45) is 2.88. The minimum Gasteiger partial charge on any atom is -0.339 e. The van der Waals surface area contributed by atoms with Crippen LogP contribution in [-0.2, 0) is 6.42 Å². The van der Waals surface area contributed by atoms with Crippen molar-refractivity contribution in [1.29, 1.82) is 0 Å². The molecule has 3 aromatic rings. The molecule has 1 aromatic heterocycles. The van der Waals surface area contributed by atoms with Gasteiger partial charge in [-0.15, -0.1) is 0 Å². The Morgan fingerprint density at radius 1 is 1.11 bits per heavy atom. The van der Waals surface area contributed by atoms with Gasteiger partial charge in [0.1, 0.15) is 5.82 Å². The minimum atomic E-state index is 0.142. The number of hydrogen-bond acceptors (Lipinski definition) is 3. The zero-order valence-corrected chi connectivity index (χ0v) is 15.6. The number of aryl methyl sites for hydroxylation is 1. The number of aromatic amines is 1. The maximum absolute atomic E-state index is 12.7. The smallest absolute Gasteiger partial charge is 0.253 e. The third-order valence-electron chi connectivity index (χ3n) is 5.21. The van der Waals surface area contributed by atoms with E-state index in [-0.39, 0.29) is 5.91 Å². The third kappa shape index (κ3) is 4.08. The van der Waals surface area contributed by atoms with Gasteiger partial charge < -0.3 is 4.90 Å². The summed E-state index contributed by atoms with van der Waals surface area (Å²) in [6.45, 7) is 3.62. The molecule has 2 aromatic carbocycles. The van der Waals surface area contributed by atoms with Crippen molar-refractivity contribution in [2.45, 2.75) is 26.2 Å². The Balaban J connectivity index is 1.33. The Labute approximate surface area is 159 Å². The SMILES string of the molecule is Cc1cccc(C(=O)N2CCC(Cc3nc(-c4ccccc4)n[nH]3)CC2)c1. The van der Waals surface area contributed by atoms with Gasteiger partial charge in [0.2, 0.25) is 0 Å². The Bertz CT molecular complexity index is 911. The summed E-state index contributed by atoms with van der Waals surface area (Å²) >= 11 is 0. The summed E-state index contributed by atoms with van der Waals surface area (Å²) < 4.78 is 0. The van der Waals surface area contributed by atoms with Crippen LogP contribution < -0.4 is 0 Å². The molecule has 0 saturated carbocycles. The topological polar surface area (TPSA) is 61.9 Å². The van der Waals surface area contributed by atoms with Gasteiger partial charge in [-0.1, -0.05) is 48.0 Å². The van der Waals surface area contributed by atoms with Crippen LogP contribution in [0.3, 0.4) is 0 Å². The number of carbonyl (C=O) groups excluding carboxylic acids is 1. The van der Waals surface area contributed by atoms with Crippen LogP contribution in [0.4, 0.5) is 0 Å². The Morgan fingerprint density at radius 3 is 2.63 bits per heavy atom. The van der Waals surface area contributed by atoms with Gasteiger partial charge >= 0.3 is 0 Å². The fourth-order valence-corrected chi connectivity index (χ4v) is 3.68. The van der Waals surface area contributed by atoms with Crippen LogP contribution in [0.5, 0.6) is 0 Å². The Kier molecular flexibility index (Phi) is 5.01. The summed E-state index contributed by atoms with van der Waals surface area (Å²) in [5.41, 5.74) is 2.94. The van der Waals surface area contributed by atoms with Crippen LogP contribution in [0.25, 0.3) is 11.4 Å². The number of nitrogens with zero attached hydrogens (tertiary/aromatic N) is 3. The summed E-state index contributed by atoms with van der Waals surface area (Å²) in [5, 5.41) is 7.42. The maximum atomic E-state index is 12.7. The zero-order valence-electron chi connectivity index (χ0n) is 15.6. The molecular weight excluding hydrogens is 336 g/mol. The molecule has 0 unspecified atom stereocenters. The molecule has 1 N–H and O–H groups in total. The van der Waals surface area contributed by atoms with Crippen LogP contribution >= 0.6 is 0 Å². The highest BCUT2D eigenvalue weighted by Crippen LogP contribution is 2.23. The summed E-state index contributed by atoms with van der Waals surface area (Å²) in [6, 6.07) is 17.8. The van der Waals surface area contributed by atoms with Gasteiger partial charge in [0.15, 0.2) is 5.82 Å². The average molecular weight is 360 g/mol. The molecule has 1 aliphatic heterocycles. The Morgan fingerprint density at radius 2 is 1.89 bits per heavy atom. The van der Waals surface area contributed by atoms with E-state index in [0.717, 1.165) is 60.7 Å². The highest BCUT2D eigenvalue weighted by molar-refractivity contribution is 5.94. The number of likely N-dealkylation sites (tertiary alicyclic amines) is 1. The number of amides is 1. The van der Waals surface area contributed by atoms with E-state index in [2.05, 4.69) is 15.2 Å². The van der Waals surface area contributed by atoms with Crippen LogP contribution in [0, 0.1) is 12.8 Å². The molecule has 1 fully saturated rings. The first-order valence-electron chi connectivity index (χ1n) is 9.51. The lowest BCUT2D eigenvalue weighted by Crippen LogP contribution is -2.39. The average Bonchev–Trinajstić information content (AvgIpc) is 3.17. The molecule has 27 heavy (non-hydrogen) atoms. The van der Waals surface area contributed by atoms with E-state index in [0.29, 0.717) is 5.92 Å². The quantitative estimate of drug-likeness (QED) is 0.768. The highest BCUT2D eigenvalue weighted by Gasteiger charge is 2.24. The van der Waals surface area contributed by atoms with E-state index < -0.39 is 0 Å². The van der Waals surface area contributed by atoms with Gasteiger partial charge in [-0.2, -0.15) is 5.10 Å². The van der Waals surface area contributed by atoms with Gasteiger partial charge in [-0.3, -0.25) is 9.89 Å². The molecule has 0 aliphatic carbocycles. The van der Waals surface area contributed by atoms with Crippen LogP contribution in [0.15, 0.2) is 54.6 Å². The van der Waals surface area contributed by atoms with E-state index in [1.807, 2.05) is 66.4 Å². The van der Waals surface area contributed by atoms with Crippen LogP contribution in [0.2, 0.25) is 0 Å². The lowest BCUT2D eigenvalue weighted by Gasteiger charge is -2.31. The van der Waals surface area contributed by atoms with Crippen molar-refractivity contribution in [3.63, 3.8) is 0 Å². The van der Waals surface area contributed by atoms with E-state index >= 15 is 0 Å². The predicted molar refractivity (Wildman–Crippen MR) is 105 cm³/mol. The molecule has 5 heteroatoms. The first-order valence-corrected chi connectivity index (χ1v) is 9.51. The normalized spacial score (nSPS) is 15.1.